The van der Waals surface area contributed by atoms with E-state index in [2.05, 4.69) is 0 Å². The third-order valence-electron chi connectivity index (χ3n) is 3.41. The molecule has 0 unspecified atom stereocenters. The number of aliphatic hydroxyl groups excluding tert-OH is 1. The second-order valence-corrected chi connectivity index (χ2v) is 5.03. The minimum Gasteiger partial charge on any atom is -0.465 e. The molecule has 1 aliphatic heterocycles. The summed E-state index contributed by atoms with van der Waals surface area (Å²) in [6.45, 7) is -1.38. The predicted molar refractivity (Wildman–Crippen MR) is 70.3 cm³/mol. The molecule has 0 spiro atoms. The van der Waals surface area contributed by atoms with E-state index in [-0.39, 0.29) is 6.61 Å². The molecule has 0 saturated carbocycles. The molecular weight excluding hydrogens is 281 g/mol. The number of ether oxygens (including phenoxy) is 1. The third kappa shape index (κ3) is 3.49. The molecule has 1 heterocycles. The van der Waals surface area contributed by atoms with E-state index in [0.717, 1.165) is 5.56 Å². The highest BCUT2D eigenvalue weighted by Crippen LogP contribution is 2.31. The van der Waals surface area contributed by atoms with Gasteiger partial charge in [-0.25, -0.2) is 14.0 Å². The Bertz CT molecular complexity index is 523. The van der Waals surface area contributed by atoms with Crippen LogP contribution in [-0.4, -0.2) is 52.0 Å². The van der Waals surface area contributed by atoms with Gasteiger partial charge in [0.25, 0.3) is 0 Å². The van der Waals surface area contributed by atoms with Crippen molar-refractivity contribution in [2.24, 2.45) is 0 Å². The summed E-state index contributed by atoms with van der Waals surface area (Å²) < 4.78 is 19.1. The van der Waals surface area contributed by atoms with Crippen molar-refractivity contribution >= 4 is 12.1 Å². The number of amides is 1. The maximum absolute atomic E-state index is 14.1. The van der Waals surface area contributed by atoms with Crippen LogP contribution in [0.1, 0.15) is 12.0 Å². The smallest absolute Gasteiger partial charge is 0.408 e. The van der Waals surface area contributed by atoms with Crippen LogP contribution in [0.5, 0.6) is 0 Å². The molecule has 1 amide bonds. The predicted octanol–water partition coefficient (Wildman–Crippen LogP) is 1.18. The van der Waals surface area contributed by atoms with E-state index in [1.165, 1.54) is 0 Å². The summed E-state index contributed by atoms with van der Waals surface area (Å²) in [5.41, 5.74) is -1.35. The molecule has 0 radical (unpaired) electrons. The fourth-order valence-corrected chi connectivity index (χ4v) is 2.29. The average molecular weight is 297 g/mol. The number of aliphatic hydroxyl groups is 1. The molecule has 7 heteroatoms. The number of rotatable bonds is 4. The molecule has 0 aromatic heterocycles. The van der Waals surface area contributed by atoms with Gasteiger partial charge in [-0.3, -0.25) is 4.90 Å². The number of halogens is 1. The standard InChI is InChI=1S/C14H16FNO5/c15-14(9-17)6-11(16(8-14)13(19)20)12(18)21-7-10-4-2-1-3-5-10/h1-5,11,17H,6-9H2,(H,19,20)/t11-,14+/m0/s1. The van der Waals surface area contributed by atoms with Crippen LogP contribution >= 0.6 is 0 Å². The zero-order valence-electron chi connectivity index (χ0n) is 11.2. The van der Waals surface area contributed by atoms with Gasteiger partial charge in [-0.05, 0) is 5.56 Å². The Hall–Kier alpha value is -2.15. The number of benzene rings is 1. The first kappa shape index (κ1) is 15.2. The number of hydrogen-bond acceptors (Lipinski definition) is 4. The topological polar surface area (TPSA) is 87.1 Å². The Labute approximate surface area is 120 Å². The summed E-state index contributed by atoms with van der Waals surface area (Å²) in [7, 11) is 0. The number of hydrogen-bond donors (Lipinski definition) is 2. The van der Waals surface area contributed by atoms with Gasteiger partial charge >= 0.3 is 12.1 Å². The number of carbonyl (C=O) groups excluding carboxylic acids is 1. The maximum atomic E-state index is 14.1. The summed E-state index contributed by atoms with van der Waals surface area (Å²) in [4.78, 5) is 23.7. The Balaban J connectivity index is 2.01. The van der Waals surface area contributed by atoms with Crippen molar-refractivity contribution in [2.75, 3.05) is 13.2 Å². The molecule has 1 fully saturated rings. The normalized spacial score (nSPS) is 24.9. The van der Waals surface area contributed by atoms with Crippen LogP contribution in [0.15, 0.2) is 30.3 Å². The summed E-state index contributed by atoms with van der Waals surface area (Å²) in [6.07, 6.45) is -1.81. The highest BCUT2D eigenvalue weighted by atomic mass is 19.1. The van der Waals surface area contributed by atoms with Crippen molar-refractivity contribution in [1.29, 1.82) is 0 Å². The number of carbonyl (C=O) groups is 2. The lowest BCUT2D eigenvalue weighted by atomic mass is 10.0. The highest BCUT2D eigenvalue weighted by Gasteiger charge is 2.50. The first-order valence-electron chi connectivity index (χ1n) is 6.45. The SMILES string of the molecule is O=C(OCc1ccccc1)[C@@H]1C[C@](F)(CO)CN1C(=O)O. The Morgan fingerprint density at radius 2 is 2.05 bits per heavy atom. The number of alkyl halides is 1. The van der Waals surface area contributed by atoms with Crippen LogP contribution in [-0.2, 0) is 16.1 Å². The van der Waals surface area contributed by atoms with E-state index >= 15 is 0 Å². The van der Waals surface area contributed by atoms with Crippen LogP contribution in [0.3, 0.4) is 0 Å². The summed E-state index contributed by atoms with van der Waals surface area (Å²) in [6, 6.07) is 7.64. The second-order valence-electron chi connectivity index (χ2n) is 5.03. The second kappa shape index (κ2) is 6.09. The molecule has 2 rings (SSSR count). The van der Waals surface area contributed by atoms with Crippen LogP contribution in [0.25, 0.3) is 0 Å². The van der Waals surface area contributed by atoms with Gasteiger partial charge in [-0.15, -0.1) is 0 Å². The van der Waals surface area contributed by atoms with E-state index in [4.69, 9.17) is 14.9 Å². The lowest BCUT2D eigenvalue weighted by Gasteiger charge is -2.19. The van der Waals surface area contributed by atoms with Gasteiger partial charge in [-0.1, -0.05) is 30.3 Å². The van der Waals surface area contributed by atoms with Crippen molar-refractivity contribution in [3.63, 3.8) is 0 Å². The minimum atomic E-state index is -2.10. The lowest BCUT2D eigenvalue weighted by Crippen LogP contribution is -2.41. The van der Waals surface area contributed by atoms with Crippen LogP contribution < -0.4 is 0 Å². The van der Waals surface area contributed by atoms with Gasteiger partial charge in [0.1, 0.15) is 12.6 Å². The van der Waals surface area contributed by atoms with E-state index < -0.39 is 43.3 Å². The molecule has 1 aromatic carbocycles. The van der Waals surface area contributed by atoms with E-state index in [1.807, 2.05) is 6.07 Å². The Kier molecular flexibility index (Phi) is 4.42. The monoisotopic (exact) mass is 297 g/mol. The van der Waals surface area contributed by atoms with Gasteiger partial charge in [-0.2, -0.15) is 0 Å². The fourth-order valence-electron chi connectivity index (χ4n) is 2.29. The lowest BCUT2D eigenvalue weighted by molar-refractivity contribution is -0.149. The molecule has 6 nitrogen and oxygen atoms in total. The van der Waals surface area contributed by atoms with Crippen molar-refractivity contribution in [3.05, 3.63) is 35.9 Å². The Morgan fingerprint density at radius 1 is 1.38 bits per heavy atom. The van der Waals surface area contributed by atoms with Gasteiger partial charge < -0.3 is 14.9 Å². The first-order chi connectivity index (χ1) is 9.95. The number of esters is 1. The third-order valence-corrected chi connectivity index (χ3v) is 3.41. The van der Waals surface area contributed by atoms with E-state index in [0.29, 0.717) is 4.90 Å². The molecule has 1 aromatic rings. The maximum Gasteiger partial charge on any atom is 0.408 e. The highest BCUT2D eigenvalue weighted by molar-refractivity contribution is 5.82. The molecule has 0 aliphatic carbocycles. The zero-order valence-corrected chi connectivity index (χ0v) is 11.2. The average Bonchev–Trinajstić information content (AvgIpc) is 2.85. The number of carboxylic acid groups (broad SMARTS) is 1. The van der Waals surface area contributed by atoms with Gasteiger partial charge in [0.05, 0.1) is 13.2 Å². The molecule has 0 bridgehead atoms. The summed E-state index contributed by atoms with van der Waals surface area (Å²) >= 11 is 0. The quantitative estimate of drug-likeness (QED) is 0.815. The summed E-state index contributed by atoms with van der Waals surface area (Å²) in [5.74, 6) is -0.811. The fraction of sp³-hybridized carbons (Fsp3) is 0.429. The van der Waals surface area contributed by atoms with Crippen molar-refractivity contribution in [1.82, 2.24) is 4.90 Å². The van der Waals surface area contributed by atoms with E-state index in [9.17, 15) is 14.0 Å². The zero-order chi connectivity index (χ0) is 15.5. The first-order valence-corrected chi connectivity index (χ1v) is 6.45. The van der Waals surface area contributed by atoms with Crippen LogP contribution in [0.2, 0.25) is 0 Å². The van der Waals surface area contributed by atoms with Crippen molar-refractivity contribution in [3.8, 4) is 0 Å². The molecular formula is C14H16FNO5. The van der Waals surface area contributed by atoms with E-state index in [1.54, 1.807) is 24.3 Å². The van der Waals surface area contributed by atoms with Gasteiger partial charge in [0, 0.05) is 6.42 Å². The molecule has 2 N–H and O–H groups in total. The molecule has 21 heavy (non-hydrogen) atoms. The number of nitrogens with zero attached hydrogens (tertiary/aromatic N) is 1. The van der Waals surface area contributed by atoms with Gasteiger partial charge in [0.2, 0.25) is 0 Å². The Morgan fingerprint density at radius 3 is 2.62 bits per heavy atom. The molecule has 1 aliphatic rings. The largest absolute Gasteiger partial charge is 0.465 e. The molecule has 2 atom stereocenters. The minimum absolute atomic E-state index is 0.0119. The molecule has 1 saturated heterocycles. The van der Waals surface area contributed by atoms with Gasteiger partial charge in [0.15, 0.2) is 5.67 Å². The van der Waals surface area contributed by atoms with Crippen LogP contribution in [0, 0.1) is 0 Å². The number of likely N-dealkylation sites (tertiary alicyclic amines) is 1. The van der Waals surface area contributed by atoms with Crippen LogP contribution in [0.4, 0.5) is 9.18 Å². The summed E-state index contributed by atoms with van der Waals surface area (Å²) in [5, 5.41) is 18.0. The van der Waals surface area contributed by atoms with Crippen molar-refractivity contribution in [2.45, 2.75) is 24.7 Å². The van der Waals surface area contributed by atoms with Crippen molar-refractivity contribution < 1.29 is 28.9 Å². The molecule has 114 valence electrons.